The molecule has 0 saturated carbocycles. The first kappa shape index (κ1) is 20.4. The number of aromatic nitrogens is 2. The van der Waals surface area contributed by atoms with Crippen LogP contribution < -0.4 is 10.2 Å². The maximum Gasteiger partial charge on any atom is 0.411 e. The minimum atomic E-state index is -0.597. The lowest BCUT2D eigenvalue weighted by Crippen LogP contribution is -2.55. The molecule has 8 heteroatoms. The molecule has 1 aromatic heterocycles. The molecule has 1 aromatic rings. The summed E-state index contributed by atoms with van der Waals surface area (Å²) < 4.78 is 5.62. The number of piperidine rings is 1. The van der Waals surface area contributed by atoms with Gasteiger partial charge in [0, 0.05) is 38.1 Å². The van der Waals surface area contributed by atoms with Gasteiger partial charge in [-0.1, -0.05) is 6.92 Å². The number of hydrogen-bond donors (Lipinski definition) is 1. The highest BCUT2D eigenvalue weighted by Crippen LogP contribution is 2.26. The molecule has 1 N–H and O–H groups in total. The van der Waals surface area contributed by atoms with Crippen molar-refractivity contribution in [3.63, 3.8) is 0 Å². The Kier molecular flexibility index (Phi) is 6.05. The molecule has 0 bridgehead atoms. The number of anilines is 1. The van der Waals surface area contributed by atoms with Crippen molar-refractivity contribution in [1.29, 1.82) is 0 Å². The summed E-state index contributed by atoms with van der Waals surface area (Å²) in [5, 5.41) is 2.83. The van der Waals surface area contributed by atoms with Crippen molar-refractivity contribution >= 4 is 17.9 Å². The molecular formula is C20H31N5O3. The molecule has 8 nitrogen and oxygen atoms in total. The normalized spacial score (nSPS) is 20.8. The fraction of sp³-hybridized carbons (Fsp3) is 0.700. The van der Waals surface area contributed by atoms with E-state index in [1.54, 1.807) is 4.90 Å². The summed E-state index contributed by atoms with van der Waals surface area (Å²) in [6, 6.07) is -0.485. The molecule has 0 radical (unpaired) electrons. The van der Waals surface area contributed by atoms with Crippen molar-refractivity contribution < 1.29 is 14.3 Å². The molecule has 2 aliphatic heterocycles. The van der Waals surface area contributed by atoms with E-state index in [2.05, 4.69) is 27.1 Å². The lowest BCUT2D eigenvalue weighted by atomic mass is 10.0. The lowest BCUT2D eigenvalue weighted by Gasteiger charge is -2.40. The SMILES string of the molecule is CCc1cnc(N2CCC(N(C(=O)OC(C)(C)C)[C@H]3CCNC3=O)CC2)nc1. The van der Waals surface area contributed by atoms with Gasteiger partial charge in [0.2, 0.25) is 11.9 Å². The summed E-state index contributed by atoms with van der Waals surface area (Å²) in [7, 11) is 0. The van der Waals surface area contributed by atoms with E-state index in [0.717, 1.165) is 43.9 Å². The number of amides is 2. The van der Waals surface area contributed by atoms with E-state index in [1.165, 1.54) is 0 Å². The highest BCUT2D eigenvalue weighted by atomic mass is 16.6. The molecule has 154 valence electrons. The van der Waals surface area contributed by atoms with Crippen LogP contribution in [0.15, 0.2) is 12.4 Å². The number of aryl methyl sites for hydroxylation is 1. The molecule has 3 heterocycles. The Bertz CT molecular complexity index is 693. The van der Waals surface area contributed by atoms with Gasteiger partial charge in [-0.05, 0) is 52.0 Å². The summed E-state index contributed by atoms with van der Waals surface area (Å²) in [5.74, 6) is 0.629. The molecule has 28 heavy (non-hydrogen) atoms. The van der Waals surface area contributed by atoms with E-state index in [4.69, 9.17) is 4.74 Å². The van der Waals surface area contributed by atoms with Crippen LogP contribution in [0.3, 0.4) is 0 Å². The molecular weight excluding hydrogens is 358 g/mol. The standard InChI is InChI=1S/C20H31N5O3/c1-5-14-12-22-18(23-13-14)24-10-7-15(8-11-24)25(16-6-9-21-17(16)26)19(27)28-20(2,3)4/h12-13,15-16H,5-11H2,1-4H3,(H,21,26)/t16-/m0/s1. The Morgan fingerprint density at radius 2 is 1.89 bits per heavy atom. The molecule has 0 aromatic carbocycles. The maximum absolute atomic E-state index is 12.9. The van der Waals surface area contributed by atoms with Crippen LogP contribution >= 0.6 is 0 Å². The molecule has 0 aliphatic carbocycles. The average molecular weight is 390 g/mol. The third-order valence-electron chi connectivity index (χ3n) is 5.20. The molecule has 2 saturated heterocycles. The number of rotatable bonds is 4. The van der Waals surface area contributed by atoms with Gasteiger partial charge in [0.15, 0.2) is 0 Å². The second-order valence-electron chi connectivity index (χ2n) is 8.45. The van der Waals surface area contributed by atoms with Gasteiger partial charge in [-0.2, -0.15) is 0 Å². The molecule has 2 amide bonds. The van der Waals surface area contributed by atoms with Crippen LogP contribution in [0.1, 0.15) is 52.5 Å². The Balaban J connectivity index is 1.69. The second-order valence-corrected chi connectivity index (χ2v) is 8.45. The summed E-state index contributed by atoms with van der Waals surface area (Å²) in [6.07, 6.45) is 6.37. The van der Waals surface area contributed by atoms with Gasteiger partial charge in [-0.25, -0.2) is 14.8 Å². The molecule has 0 unspecified atom stereocenters. The van der Waals surface area contributed by atoms with E-state index < -0.39 is 17.7 Å². The Labute approximate surface area is 166 Å². The zero-order valence-electron chi connectivity index (χ0n) is 17.3. The molecule has 1 atom stereocenters. The van der Waals surface area contributed by atoms with Gasteiger partial charge in [-0.15, -0.1) is 0 Å². The fourth-order valence-corrected chi connectivity index (χ4v) is 3.73. The van der Waals surface area contributed by atoms with Crippen LogP contribution in [0.25, 0.3) is 0 Å². The zero-order valence-corrected chi connectivity index (χ0v) is 17.3. The van der Waals surface area contributed by atoms with E-state index in [9.17, 15) is 9.59 Å². The van der Waals surface area contributed by atoms with Gasteiger partial charge in [-0.3, -0.25) is 9.69 Å². The third-order valence-corrected chi connectivity index (χ3v) is 5.20. The van der Waals surface area contributed by atoms with Crippen LogP contribution in [0.4, 0.5) is 10.7 Å². The Hall–Kier alpha value is -2.38. The lowest BCUT2D eigenvalue weighted by molar-refractivity contribution is -0.124. The first-order valence-corrected chi connectivity index (χ1v) is 10.1. The van der Waals surface area contributed by atoms with Gasteiger partial charge < -0.3 is 15.0 Å². The number of nitrogens with zero attached hydrogens (tertiary/aromatic N) is 4. The van der Waals surface area contributed by atoms with Crippen LogP contribution in [-0.2, 0) is 16.0 Å². The van der Waals surface area contributed by atoms with Crippen molar-refractivity contribution in [3.8, 4) is 0 Å². The summed E-state index contributed by atoms with van der Waals surface area (Å²) in [4.78, 5) is 37.9. The van der Waals surface area contributed by atoms with Crippen LogP contribution in [-0.4, -0.2) is 64.2 Å². The highest BCUT2D eigenvalue weighted by molar-refractivity contribution is 5.87. The summed E-state index contributed by atoms with van der Waals surface area (Å²) in [5.41, 5.74) is 0.516. The van der Waals surface area contributed by atoms with Gasteiger partial charge in [0.25, 0.3) is 0 Å². The van der Waals surface area contributed by atoms with Gasteiger partial charge in [0.1, 0.15) is 11.6 Å². The van der Waals surface area contributed by atoms with Crippen molar-refractivity contribution in [2.75, 3.05) is 24.5 Å². The van der Waals surface area contributed by atoms with Crippen LogP contribution in [0, 0.1) is 0 Å². The summed E-state index contributed by atoms with van der Waals surface area (Å²) in [6.45, 7) is 9.69. The smallest absolute Gasteiger partial charge is 0.411 e. The van der Waals surface area contributed by atoms with E-state index in [0.29, 0.717) is 13.0 Å². The quantitative estimate of drug-likeness (QED) is 0.849. The number of carbonyl (C=O) groups excluding carboxylic acids is 2. The largest absolute Gasteiger partial charge is 0.444 e. The predicted molar refractivity (Wildman–Crippen MR) is 106 cm³/mol. The van der Waals surface area contributed by atoms with Gasteiger partial charge >= 0.3 is 6.09 Å². The minimum absolute atomic E-state index is 0.0325. The van der Waals surface area contributed by atoms with Crippen LogP contribution in [0.5, 0.6) is 0 Å². The van der Waals surface area contributed by atoms with E-state index in [-0.39, 0.29) is 11.9 Å². The van der Waals surface area contributed by atoms with Crippen molar-refractivity contribution in [2.24, 2.45) is 0 Å². The molecule has 3 rings (SSSR count). The van der Waals surface area contributed by atoms with Gasteiger partial charge in [0.05, 0.1) is 0 Å². The van der Waals surface area contributed by atoms with E-state index >= 15 is 0 Å². The zero-order chi connectivity index (χ0) is 20.3. The number of hydrogen-bond acceptors (Lipinski definition) is 6. The predicted octanol–water partition coefficient (Wildman–Crippen LogP) is 2.13. The van der Waals surface area contributed by atoms with Crippen molar-refractivity contribution in [1.82, 2.24) is 20.2 Å². The topological polar surface area (TPSA) is 87.7 Å². The average Bonchev–Trinajstić information content (AvgIpc) is 3.07. The second kappa shape index (κ2) is 8.32. The first-order chi connectivity index (χ1) is 13.3. The van der Waals surface area contributed by atoms with E-state index in [1.807, 2.05) is 33.2 Å². The van der Waals surface area contributed by atoms with Crippen molar-refractivity contribution in [2.45, 2.75) is 71.1 Å². The maximum atomic E-state index is 12.9. The summed E-state index contributed by atoms with van der Waals surface area (Å²) >= 11 is 0. The Morgan fingerprint density at radius 1 is 1.25 bits per heavy atom. The molecule has 2 aliphatic rings. The van der Waals surface area contributed by atoms with Crippen molar-refractivity contribution in [3.05, 3.63) is 18.0 Å². The number of nitrogens with one attached hydrogen (secondary N) is 1. The number of carbonyl (C=O) groups is 2. The third kappa shape index (κ3) is 4.72. The Morgan fingerprint density at radius 3 is 2.39 bits per heavy atom. The number of ether oxygens (including phenoxy) is 1. The minimum Gasteiger partial charge on any atom is -0.444 e. The fourth-order valence-electron chi connectivity index (χ4n) is 3.73. The monoisotopic (exact) mass is 389 g/mol. The molecule has 0 spiro atoms. The van der Waals surface area contributed by atoms with Crippen LogP contribution in [0.2, 0.25) is 0 Å². The highest BCUT2D eigenvalue weighted by Gasteiger charge is 2.41. The first-order valence-electron chi connectivity index (χ1n) is 10.1. The molecule has 2 fully saturated rings.